The number of aliphatic carboxylic acids is 2. The van der Waals surface area contributed by atoms with E-state index in [0.717, 1.165) is 49.5 Å². The van der Waals surface area contributed by atoms with Crippen molar-refractivity contribution in [1.82, 2.24) is 14.8 Å². The molecule has 0 radical (unpaired) electrons. The molecule has 8 nitrogen and oxygen atoms in total. The zero-order valence-electron chi connectivity index (χ0n) is 17.8. The Morgan fingerprint density at radius 2 is 1.56 bits per heavy atom. The van der Waals surface area contributed by atoms with Crippen molar-refractivity contribution in [2.75, 3.05) is 33.3 Å². The maximum absolute atomic E-state index is 9.10. The average molecular weight is 504 g/mol. The van der Waals surface area contributed by atoms with E-state index < -0.39 is 11.9 Å². The van der Waals surface area contributed by atoms with E-state index in [1.54, 1.807) is 7.11 Å². The fraction of sp³-hybridized carbons (Fsp3) is 0.304. The number of carbonyl (C=O) groups is 2. The number of hydrogen-bond acceptors (Lipinski definition) is 5. The van der Waals surface area contributed by atoms with Crippen LogP contribution in [0.1, 0.15) is 11.1 Å². The van der Waals surface area contributed by atoms with Crippen LogP contribution in [0, 0.1) is 0 Å². The number of para-hydroxylation sites is 1. The van der Waals surface area contributed by atoms with Gasteiger partial charge < -0.3 is 19.9 Å². The highest BCUT2D eigenvalue weighted by Crippen LogP contribution is 2.25. The minimum atomic E-state index is -1.82. The van der Waals surface area contributed by atoms with Gasteiger partial charge in [-0.15, -0.1) is 0 Å². The Morgan fingerprint density at radius 3 is 2.16 bits per heavy atom. The largest absolute Gasteiger partial charge is 0.496 e. The van der Waals surface area contributed by atoms with Crippen LogP contribution in [-0.2, 0) is 22.7 Å². The maximum Gasteiger partial charge on any atom is 0.414 e. The van der Waals surface area contributed by atoms with E-state index in [1.807, 2.05) is 12.1 Å². The van der Waals surface area contributed by atoms with E-state index in [-0.39, 0.29) is 0 Å². The van der Waals surface area contributed by atoms with Crippen molar-refractivity contribution in [3.63, 3.8) is 0 Å². The van der Waals surface area contributed by atoms with Gasteiger partial charge in [0.05, 0.1) is 7.11 Å². The summed E-state index contributed by atoms with van der Waals surface area (Å²) in [5.41, 5.74) is 3.86. The van der Waals surface area contributed by atoms with Gasteiger partial charge in [-0.1, -0.05) is 34.1 Å². The molecule has 1 aliphatic rings. The number of ether oxygens (including phenoxy) is 1. The van der Waals surface area contributed by atoms with Crippen LogP contribution in [0.25, 0.3) is 10.9 Å². The van der Waals surface area contributed by atoms with Gasteiger partial charge in [0.2, 0.25) is 0 Å². The van der Waals surface area contributed by atoms with E-state index in [9.17, 15) is 0 Å². The lowest BCUT2D eigenvalue weighted by Crippen LogP contribution is -2.45. The second-order valence-corrected chi connectivity index (χ2v) is 8.39. The lowest BCUT2D eigenvalue weighted by atomic mass is 10.1. The number of benzene rings is 2. The third-order valence-corrected chi connectivity index (χ3v) is 5.85. The van der Waals surface area contributed by atoms with Gasteiger partial charge in [-0.3, -0.25) is 9.80 Å². The number of rotatable bonds is 5. The number of aromatic amines is 1. The summed E-state index contributed by atoms with van der Waals surface area (Å²) in [6.45, 7) is 6.29. The highest BCUT2D eigenvalue weighted by molar-refractivity contribution is 9.10. The zero-order chi connectivity index (χ0) is 23.1. The predicted octanol–water partition coefficient (Wildman–Crippen LogP) is 3.41. The zero-order valence-corrected chi connectivity index (χ0v) is 19.3. The fourth-order valence-corrected chi connectivity index (χ4v) is 4.13. The number of aromatic nitrogens is 1. The van der Waals surface area contributed by atoms with Gasteiger partial charge in [-0.2, -0.15) is 0 Å². The predicted molar refractivity (Wildman–Crippen MR) is 125 cm³/mol. The molecular weight excluding hydrogens is 478 g/mol. The molecule has 0 bridgehead atoms. The molecule has 0 amide bonds. The summed E-state index contributed by atoms with van der Waals surface area (Å²) >= 11 is 3.57. The SMILES string of the molecule is COc1ccc(Br)cc1CN1CCN(Cc2c[nH]c3ccccc23)CC1.O=C(O)C(=O)O. The summed E-state index contributed by atoms with van der Waals surface area (Å²) in [4.78, 5) is 26.6. The summed E-state index contributed by atoms with van der Waals surface area (Å²) in [6, 6.07) is 14.8. The number of halogens is 1. The first kappa shape index (κ1) is 23.8. The minimum absolute atomic E-state index is 0.934. The van der Waals surface area contributed by atoms with Crippen LogP contribution < -0.4 is 4.74 Å². The van der Waals surface area contributed by atoms with Gasteiger partial charge in [0, 0.05) is 66.4 Å². The quantitative estimate of drug-likeness (QED) is 0.458. The van der Waals surface area contributed by atoms with Crippen molar-refractivity contribution in [3.8, 4) is 5.75 Å². The molecule has 2 heterocycles. The lowest BCUT2D eigenvalue weighted by Gasteiger charge is -2.34. The molecule has 1 saturated heterocycles. The molecule has 9 heteroatoms. The molecule has 1 fully saturated rings. The van der Waals surface area contributed by atoms with Crippen LogP contribution >= 0.6 is 15.9 Å². The number of carboxylic acid groups (broad SMARTS) is 2. The number of carboxylic acids is 2. The van der Waals surface area contributed by atoms with Crippen LogP contribution in [0.5, 0.6) is 5.75 Å². The highest BCUT2D eigenvalue weighted by Gasteiger charge is 2.19. The van der Waals surface area contributed by atoms with Crippen LogP contribution in [0.15, 0.2) is 53.1 Å². The van der Waals surface area contributed by atoms with Gasteiger partial charge in [-0.05, 0) is 29.8 Å². The van der Waals surface area contributed by atoms with Crippen LogP contribution in [0.4, 0.5) is 0 Å². The Hall–Kier alpha value is -2.88. The molecule has 4 rings (SSSR count). The second kappa shape index (κ2) is 11.1. The van der Waals surface area contributed by atoms with Gasteiger partial charge in [-0.25, -0.2) is 9.59 Å². The molecule has 2 aromatic carbocycles. The van der Waals surface area contributed by atoms with E-state index in [4.69, 9.17) is 24.5 Å². The van der Waals surface area contributed by atoms with Gasteiger partial charge in [0.25, 0.3) is 0 Å². The van der Waals surface area contributed by atoms with Crippen molar-refractivity contribution in [3.05, 3.63) is 64.3 Å². The van der Waals surface area contributed by atoms with Crippen molar-refractivity contribution in [1.29, 1.82) is 0 Å². The standard InChI is InChI=1S/C21H24BrN3O.C2H2O4/c1-26-21-7-6-18(22)12-16(21)14-24-8-10-25(11-9-24)15-17-13-23-20-5-3-2-4-19(17)20;3-1(4)2(5)6/h2-7,12-13,23H,8-11,14-15H2,1H3;(H,3,4)(H,5,6). The third kappa shape index (κ3) is 6.32. The van der Waals surface area contributed by atoms with Crippen molar-refractivity contribution >= 4 is 38.8 Å². The smallest absolute Gasteiger partial charge is 0.414 e. The van der Waals surface area contributed by atoms with Crippen LogP contribution in [-0.4, -0.2) is 70.2 Å². The first-order chi connectivity index (χ1) is 15.4. The average Bonchev–Trinajstić information content (AvgIpc) is 3.18. The first-order valence-electron chi connectivity index (χ1n) is 10.2. The van der Waals surface area contributed by atoms with Crippen molar-refractivity contribution in [2.24, 2.45) is 0 Å². The van der Waals surface area contributed by atoms with Crippen LogP contribution in [0.2, 0.25) is 0 Å². The second-order valence-electron chi connectivity index (χ2n) is 7.48. The number of nitrogens with one attached hydrogen (secondary N) is 1. The summed E-state index contributed by atoms with van der Waals surface area (Å²) < 4.78 is 6.62. The third-order valence-electron chi connectivity index (χ3n) is 5.35. The minimum Gasteiger partial charge on any atom is -0.496 e. The molecule has 170 valence electrons. The number of hydrogen-bond donors (Lipinski definition) is 3. The Morgan fingerprint density at radius 1 is 0.969 bits per heavy atom. The summed E-state index contributed by atoms with van der Waals surface area (Å²) in [5.74, 6) is -2.68. The Labute approximate surface area is 194 Å². The Kier molecular flexibility index (Phi) is 8.26. The molecule has 0 spiro atoms. The van der Waals surface area contributed by atoms with E-state index in [1.165, 1.54) is 22.0 Å². The monoisotopic (exact) mass is 503 g/mol. The van der Waals surface area contributed by atoms with Gasteiger partial charge in [0.1, 0.15) is 5.75 Å². The number of nitrogens with zero attached hydrogens (tertiary/aromatic N) is 2. The first-order valence-corrected chi connectivity index (χ1v) is 10.9. The van der Waals surface area contributed by atoms with Crippen molar-refractivity contribution < 1.29 is 24.5 Å². The number of H-pyrrole nitrogens is 1. The molecule has 32 heavy (non-hydrogen) atoms. The Balaban J connectivity index is 0.000000427. The van der Waals surface area contributed by atoms with E-state index in [0.29, 0.717) is 0 Å². The fourth-order valence-electron chi connectivity index (χ4n) is 3.72. The normalized spacial score (nSPS) is 14.6. The molecule has 3 aromatic rings. The van der Waals surface area contributed by atoms with Gasteiger partial charge in [0.15, 0.2) is 0 Å². The van der Waals surface area contributed by atoms with Gasteiger partial charge >= 0.3 is 11.9 Å². The number of methoxy groups -OCH3 is 1. The molecule has 0 atom stereocenters. The maximum atomic E-state index is 9.10. The molecular formula is C23H26BrN3O5. The molecule has 0 aliphatic carbocycles. The number of fused-ring (bicyclic) bond motifs is 1. The van der Waals surface area contributed by atoms with Crippen molar-refractivity contribution in [2.45, 2.75) is 13.1 Å². The Bertz CT molecular complexity index is 1060. The molecule has 0 saturated carbocycles. The van der Waals surface area contributed by atoms with Crippen LogP contribution in [0.3, 0.4) is 0 Å². The summed E-state index contributed by atoms with van der Waals surface area (Å²) in [6.07, 6.45) is 2.16. The number of piperazine rings is 1. The van der Waals surface area contributed by atoms with E-state index >= 15 is 0 Å². The summed E-state index contributed by atoms with van der Waals surface area (Å²) in [5, 5.41) is 16.1. The molecule has 0 unspecified atom stereocenters. The highest BCUT2D eigenvalue weighted by atomic mass is 79.9. The molecule has 3 N–H and O–H groups in total. The van der Waals surface area contributed by atoms with E-state index in [2.05, 4.69) is 67.2 Å². The lowest BCUT2D eigenvalue weighted by molar-refractivity contribution is -0.159. The summed E-state index contributed by atoms with van der Waals surface area (Å²) in [7, 11) is 1.74. The molecule has 1 aromatic heterocycles. The molecule has 1 aliphatic heterocycles. The topological polar surface area (TPSA) is 106 Å².